The summed E-state index contributed by atoms with van der Waals surface area (Å²) in [4.78, 5) is 25.3. The van der Waals surface area contributed by atoms with Gasteiger partial charge in [-0.15, -0.1) is 0 Å². The van der Waals surface area contributed by atoms with Crippen molar-refractivity contribution in [1.29, 1.82) is 0 Å². The van der Waals surface area contributed by atoms with Crippen molar-refractivity contribution in [3.63, 3.8) is 0 Å². The van der Waals surface area contributed by atoms with Gasteiger partial charge in [0, 0.05) is 37.1 Å². The van der Waals surface area contributed by atoms with Crippen LogP contribution in [0.15, 0.2) is 47.7 Å². The van der Waals surface area contributed by atoms with Gasteiger partial charge in [0.25, 0.3) is 0 Å². The molecule has 0 amide bonds. The number of hydrogen-bond donors (Lipinski definition) is 1. The van der Waals surface area contributed by atoms with Crippen molar-refractivity contribution in [3.05, 3.63) is 47.7 Å². The molecule has 1 N–H and O–H groups in total. The Kier molecular flexibility index (Phi) is 3.51. The Morgan fingerprint density at radius 2 is 1.58 bits per heavy atom. The Balaban J connectivity index is 2.16. The number of carbonyl (C=O) groups is 2. The summed E-state index contributed by atoms with van der Waals surface area (Å²) in [6.45, 7) is 1.64. The highest BCUT2D eigenvalue weighted by Crippen LogP contribution is 2.19. The molecule has 0 atom stereocenters. The van der Waals surface area contributed by atoms with Crippen LogP contribution in [0.1, 0.15) is 6.92 Å². The minimum Gasteiger partial charge on any atom is -0.378 e. The smallest absolute Gasteiger partial charge is 0.202 e. The maximum absolute atomic E-state index is 11.8. The van der Waals surface area contributed by atoms with Crippen LogP contribution in [0.5, 0.6) is 0 Å². The number of nitrogens with zero attached hydrogens (tertiary/aromatic N) is 1. The lowest BCUT2D eigenvalue weighted by Crippen LogP contribution is -2.17. The van der Waals surface area contributed by atoms with Crippen molar-refractivity contribution in [2.24, 2.45) is 0 Å². The number of allylic oxidation sites excluding steroid dienone is 3. The first-order valence-corrected chi connectivity index (χ1v) is 6.00. The van der Waals surface area contributed by atoms with Crippen LogP contribution in [0.4, 0.5) is 11.4 Å². The Labute approximate surface area is 112 Å². The van der Waals surface area contributed by atoms with Crippen LogP contribution in [0.25, 0.3) is 0 Å². The van der Waals surface area contributed by atoms with Crippen molar-refractivity contribution < 1.29 is 9.59 Å². The lowest BCUT2D eigenvalue weighted by Gasteiger charge is -2.15. The first kappa shape index (κ1) is 13.1. The van der Waals surface area contributed by atoms with Crippen molar-refractivity contribution in [2.45, 2.75) is 6.92 Å². The maximum Gasteiger partial charge on any atom is 0.202 e. The summed E-state index contributed by atoms with van der Waals surface area (Å²) in [6.07, 6.45) is 2.70. The van der Waals surface area contributed by atoms with E-state index >= 15 is 0 Å². The third kappa shape index (κ3) is 2.91. The SMILES string of the molecule is CC1=CC(=O)C(Nc2ccc(N(C)C)cc2)=CC1=O. The van der Waals surface area contributed by atoms with E-state index in [1.165, 1.54) is 12.2 Å². The second kappa shape index (κ2) is 5.10. The maximum atomic E-state index is 11.8. The predicted octanol–water partition coefficient (Wildman–Crippen LogP) is 2.15. The molecule has 0 aromatic heterocycles. The van der Waals surface area contributed by atoms with Gasteiger partial charge in [-0.25, -0.2) is 0 Å². The molecule has 0 spiro atoms. The number of carbonyl (C=O) groups excluding carboxylic acids is 2. The highest BCUT2D eigenvalue weighted by atomic mass is 16.1. The molecule has 0 aliphatic heterocycles. The number of benzene rings is 1. The van der Waals surface area contributed by atoms with Gasteiger partial charge in [-0.1, -0.05) is 0 Å². The zero-order chi connectivity index (χ0) is 14.0. The lowest BCUT2D eigenvalue weighted by atomic mass is 10.0. The Morgan fingerprint density at radius 1 is 0.947 bits per heavy atom. The van der Waals surface area contributed by atoms with E-state index in [0.717, 1.165) is 11.4 Å². The molecule has 0 saturated heterocycles. The Bertz CT molecular complexity index is 581. The molecule has 2 rings (SSSR count). The van der Waals surface area contributed by atoms with Crippen LogP contribution in [0, 0.1) is 0 Å². The predicted molar refractivity (Wildman–Crippen MR) is 76.2 cm³/mol. The molecule has 1 aliphatic rings. The molecule has 19 heavy (non-hydrogen) atoms. The van der Waals surface area contributed by atoms with Gasteiger partial charge in [0.05, 0.1) is 5.70 Å². The summed E-state index contributed by atoms with van der Waals surface area (Å²) >= 11 is 0. The normalized spacial score (nSPS) is 14.9. The minimum absolute atomic E-state index is 0.132. The minimum atomic E-state index is -0.172. The summed E-state index contributed by atoms with van der Waals surface area (Å²) in [6, 6.07) is 7.64. The van der Waals surface area contributed by atoms with E-state index in [4.69, 9.17) is 0 Å². The van der Waals surface area contributed by atoms with Crippen LogP contribution >= 0.6 is 0 Å². The molecule has 98 valence electrons. The van der Waals surface area contributed by atoms with Gasteiger partial charge in [-0.05, 0) is 37.3 Å². The van der Waals surface area contributed by atoms with E-state index in [2.05, 4.69) is 5.32 Å². The van der Waals surface area contributed by atoms with Crippen LogP contribution in [0.2, 0.25) is 0 Å². The Morgan fingerprint density at radius 3 is 2.16 bits per heavy atom. The van der Waals surface area contributed by atoms with Gasteiger partial charge in [0.15, 0.2) is 5.78 Å². The molecule has 0 saturated carbocycles. The van der Waals surface area contributed by atoms with E-state index in [1.54, 1.807) is 6.92 Å². The Hall–Kier alpha value is -2.36. The molecule has 1 aliphatic carbocycles. The zero-order valence-electron chi connectivity index (χ0n) is 11.2. The van der Waals surface area contributed by atoms with Gasteiger partial charge in [-0.2, -0.15) is 0 Å². The fraction of sp³-hybridized carbons (Fsp3) is 0.200. The standard InChI is InChI=1S/C15H16N2O2/c1-10-8-15(19)13(9-14(10)18)16-11-4-6-12(7-5-11)17(2)3/h4-9,16H,1-3H3. The van der Waals surface area contributed by atoms with Gasteiger partial charge >= 0.3 is 0 Å². The third-order valence-electron chi connectivity index (χ3n) is 2.94. The zero-order valence-corrected chi connectivity index (χ0v) is 11.2. The van der Waals surface area contributed by atoms with Crippen LogP contribution in [-0.2, 0) is 9.59 Å². The quantitative estimate of drug-likeness (QED) is 0.842. The van der Waals surface area contributed by atoms with E-state index in [9.17, 15) is 9.59 Å². The first-order chi connectivity index (χ1) is 8.97. The second-order valence-electron chi connectivity index (χ2n) is 4.68. The summed E-state index contributed by atoms with van der Waals surface area (Å²) in [5.41, 5.74) is 2.64. The molecular weight excluding hydrogens is 240 g/mol. The van der Waals surface area contributed by atoms with E-state index < -0.39 is 0 Å². The average molecular weight is 256 g/mol. The van der Waals surface area contributed by atoms with E-state index in [0.29, 0.717) is 11.3 Å². The number of hydrogen-bond acceptors (Lipinski definition) is 4. The van der Waals surface area contributed by atoms with Crippen molar-refractivity contribution in [3.8, 4) is 0 Å². The van der Waals surface area contributed by atoms with Crippen LogP contribution in [-0.4, -0.2) is 25.7 Å². The second-order valence-corrected chi connectivity index (χ2v) is 4.68. The van der Waals surface area contributed by atoms with Gasteiger partial charge in [-0.3, -0.25) is 9.59 Å². The van der Waals surface area contributed by atoms with Gasteiger partial charge < -0.3 is 10.2 Å². The van der Waals surface area contributed by atoms with Gasteiger partial charge in [0.2, 0.25) is 5.78 Å². The number of ketones is 2. The fourth-order valence-electron chi connectivity index (χ4n) is 1.76. The molecule has 0 unspecified atom stereocenters. The molecule has 0 bridgehead atoms. The molecule has 0 heterocycles. The first-order valence-electron chi connectivity index (χ1n) is 6.00. The highest BCUT2D eigenvalue weighted by molar-refractivity contribution is 6.20. The lowest BCUT2D eigenvalue weighted by molar-refractivity contribution is -0.115. The van der Waals surface area contributed by atoms with Crippen molar-refractivity contribution in [2.75, 3.05) is 24.3 Å². The molecule has 4 nitrogen and oxygen atoms in total. The van der Waals surface area contributed by atoms with Crippen LogP contribution in [0.3, 0.4) is 0 Å². The van der Waals surface area contributed by atoms with Crippen LogP contribution < -0.4 is 10.2 Å². The topological polar surface area (TPSA) is 49.4 Å². The van der Waals surface area contributed by atoms with Gasteiger partial charge in [0.1, 0.15) is 0 Å². The fourth-order valence-corrected chi connectivity index (χ4v) is 1.76. The molecule has 1 aromatic carbocycles. The monoisotopic (exact) mass is 256 g/mol. The summed E-state index contributed by atoms with van der Waals surface area (Å²) in [5, 5.41) is 2.98. The summed E-state index contributed by atoms with van der Waals surface area (Å²) in [5.74, 6) is -0.305. The molecule has 0 fully saturated rings. The molecule has 4 heteroatoms. The third-order valence-corrected chi connectivity index (χ3v) is 2.94. The molecule has 1 aromatic rings. The molecular formula is C15H16N2O2. The van der Waals surface area contributed by atoms with E-state index in [-0.39, 0.29) is 11.6 Å². The summed E-state index contributed by atoms with van der Waals surface area (Å²) in [7, 11) is 3.92. The number of nitrogens with one attached hydrogen (secondary N) is 1. The van der Waals surface area contributed by atoms with Crippen molar-refractivity contribution >= 4 is 22.9 Å². The number of rotatable bonds is 3. The summed E-state index contributed by atoms with van der Waals surface area (Å²) < 4.78 is 0. The highest BCUT2D eigenvalue weighted by Gasteiger charge is 2.17. The average Bonchev–Trinajstić information content (AvgIpc) is 2.36. The van der Waals surface area contributed by atoms with Crippen molar-refractivity contribution in [1.82, 2.24) is 0 Å². The molecule has 0 radical (unpaired) electrons. The number of anilines is 2. The van der Waals surface area contributed by atoms with E-state index in [1.807, 2.05) is 43.3 Å². The largest absolute Gasteiger partial charge is 0.378 e.